The van der Waals surface area contributed by atoms with Crippen LogP contribution in [0.3, 0.4) is 0 Å². The van der Waals surface area contributed by atoms with Gasteiger partial charge < -0.3 is 0 Å². The summed E-state index contributed by atoms with van der Waals surface area (Å²) in [6.45, 7) is 3.77. The SMILES string of the molecule is C=Cc1ccccc1C(=O)c1ccc2ccccc2c1. The van der Waals surface area contributed by atoms with Gasteiger partial charge in [-0.05, 0) is 22.4 Å². The highest BCUT2D eigenvalue weighted by Gasteiger charge is 2.12. The van der Waals surface area contributed by atoms with Gasteiger partial charge in [-0.15, -0.1) is 0 Å². The number of hydrogen-bond donors (Lipinski definition) is 0. The Morgan fingerprint density at radius 3 is 2.35 bits per heavy atom. The number of rotatable bonds is 3. The van der Waals surface area contributed by atoms with Gasteiger partial charge in [0.25, 0.3) is 0 Å². The minimum absolute atomic E-state index is 0.0336. The van der Waals surface area contributed by atoms with Gasteiger partial charge in [0, 0.05) is 11.1 Å². The second kappa shape index (κ2) is 5.14. The van der Waals surface area contributed by atoms with Gasteiger partial charge >= 0.3 is 0 Å². The van der Waals surface area contributed by atoms with E-state index in [1.165, 1.54) is 0 Å². The Balaban J connectivity index is 2.10. The van der Waals surface area contributed by atoms with Crippen LogP contribution in [0.5, 0.6) is 0 Å². The summed E-state index contributed by atoms with van der Waals surface area (Å²) in [4.78, 5) is 12.6. The number of fused-ring (bicyclic) bond motifs is 1. The maximum absolute atomic E-state index is 12.6. The van der Waals surface area contributed by atoms with Crippen molar-refractivity contribution >= 4 is 22.6 Å². The average molecular weight is 258 g/mol. The lowest BCUT2D eigenvalue weighted by molar-refractivity contribution is 0.103. The molecule has 3 aromatic rings. The number of benzene rings is 3. The van der Waals surface area contributed by atoms with Crippen molar-refractivity contribution in [2.75, 3.05) is 0 Å². The van der Waals surface area contributed by atoms with Crippen LogP contribution in [-0.2, 0) is 0 Å². The molecule has 0 spiro atoms. The zero-order valence-electron chi connectivity index (χ0n) is 11.0. The van der Waals surface area contributed by atoms with Gasteiger partial charge in [0.15, 0.2) is 5.78 Å². The fourth-order valence-electron chi connectivity index (χ4n) is 2.37. The van der Waals surface area contributed by atoms with Gasteiger partial charge in [0.2, 0.25) is 0 Å². The molecule has 0 radical (unpaired) electrons. The molecule has 0 unspecified atom stereocenters. The molecule has 0 bridgehead atoms. The summed E-state index contributed by atoms with van der Waals surface area (Å²) in [7, 11) is 0. The van der Waals surface area contributed by atoms with Crippen LogP contribution in [0.15, 0.2) is 73.3 Å². The Morgan fingerprint density at radius 1 is 0.850 bits per heavy atom. The highest BCUT2D eigenvalue weighted by atomic mass is 16.1. The fourth-order valence-corrected chi connectivity index (χ4v) is 2.37. The van der Waals surface area contributed by atoms with Crippen molar-refractivity contribution in [2.45, 2.75) is 0 Å². The maximum atomic E-state index is 12.6. The van der Waals surface area contributed by atoms with Gasteiger partial charge in [-0.1, -0.05) is 73.3 Å². The number of ketones is 1. The second-order valence-electron chi connectivity index (χ2n) is 4.68. The van der Waals surface area contributed by atoms with Crippen LogP contribution >= 0.6 is 0 Å². The summed E-state index contributed by atoms with van der Waals surface area (Å²) in [6.07, 6.45) is 1.72. The van der Waals surface area contributed by atoms with E-state index in [9.17, 15) is 4.79 Å². The van der Waals surface area contributed by atoms with Crippen molar-refractivity contribution in [3.63, 3.8) is 0 Å². The summed E-state index contributed by atoms with van der Waals surface area (Å²) in [5.74, 6) is 0.0336. The molecule has 0 heterocycles. The van der Waals surface area contributed by atoms with E-state index in [4.69, 9.17) is 0 Å². The molecular weight excluding hydrogens is 244 g/mol. The quantitative estimate of drug-likeness (QED) is 0.621. The Hall–Kier alpha value is -2.67. The molecule has 3 rings (SSSR count). The van der Waals surface area contributed by atoms with E-state index in [2.05, 4.69) is 6.58 Å². The molecule has 0 saturated heterocycles. The summed E-state index contributed by atoms with van der Waals surface area (Å²) in [5.41, 5.74) is 2.27. The normalized spacial score (nSPS) is 10.4. The van der Waals surface area contributed by atoms with Crippen LogP contribution in [0, 0.1) is 0 Å². The van der Waals surface area contributed by atoms with E-state index >= 15 is 0 Å². The molecule has 0 amide bonds. The smallest absolute Gasteiger partial charge is 0.193 e. The number of carbonyl (C=O) groups excluding carboxylic acids is 1. The third-order valence-electron chi connectivity index (χ3n) is 3.44. The Bertz CT molecular complexity index is 799. The van der Waals surface area contributed by atoms with Crippen molar-refractivity contribution in [3.05, 3.63) is 90.0 Å². The molecule has 0 N–H and O–H groups in total. The molecule has 3 aromatic carbocycles. The number of hydrogen-bond acceptors (Lipinski definition) is 1. The van der Waals surface area contributed by atoms with Crippen LogP contribution in [-0.4, -0.2) is 5.78 Å². The van der Waals surface area contributed by atoms with Crippen molar-refractivity contribution in [1.29, 1.82) is 0 Å². The van der Waals surface area contributed by atoms with Gasteiger partial charge in [-0.2, -0.15) is 0 Å². The first-order valence-electron chi connectivity index (χ1n) is 6.54. The topological polar surface area (TPSA) is 17.1 Å². The lowest BCUT2D eigenvalue weighted by Gasteiger charge is -2.06. The molecule has 0 aromatic heterocycles. The molecule has 0 fully saturated rings. The summed E-state index contributed by atoms with van der Waals surface area (Å²) in [5, 5.41) is 2.22. The van der Waals surface area contributed by atoms with E-state index in [1.807, 2.05) is 66.7 Å². The van der Waals surface area contributed by atoms with Crippen LogP contribution in [0.4, 0.5) is 0 Å². The Labute approximate surface area is 118 Å². The summed E-state index contributed by atoms with van der Waals surface area (Å²) < 4.78 is 0. The predicted octanol–water partition coefficient (Wildman–Crippen LogP) is 4.71. The van der Waals surface area contributed by atoms with E-state index in [-0.39, 0.29) is 5.78 Å². The van der Waals surface area contributed by atoms with Crippen molar-refractivity contribution in [2.24, 2.45) is 0 Å². The van der Waals surface area contributed by atoms with E-state index in [0.717, 1.165) is 16.3 Å². The standard InChI is InChI=1S/C19H14O/c1-2-14-7-5-6-10-18(14)19(20)17-12-11-15-8-3-4-9-16(15)13-17/h2-13H,1H2. The molecule has 20 heavy (non-hydrogen) atoms. The Morgan fingerprint density at radius 2 is 1.55 bits per heavy atom. The summed E-state index contributed by atoms with van der Waals surface area (Å²) in [6, 6.07) is 21.4. The lowest BCUT2D eigenvalue weighted by atomic mass is 9.96. The molecule has 0 aliphatic rings. The third kappa shape index (κ3) is 2.14. The minimum Gasteiger partial charge on any atom is -0.289 e. The maximum Gasteiger partial charge on any atom is 0.193 e. The summed E-state index contributed by atoms with van der Waals surface area (Å²) >= 11 is 0. The molecule has 0 atom stereocenters. The monoisotopic (exact) mass is 258 g/mol. The van der Waals surface area contributed by atoms with Gasteiger partial charge in [0.05, 0.1) is 0 Å². The van der Waals surface area contributed by atoms with Crippen molar-refractivity contribution < 1.29 is 4.79 Å². The number of carbonyl (C=O) groups is 1. The van der Waals surface area contributed by atoms with Gasteiger partial charge in [-0.25, -0.2) is 0 Å². The Kier molecular flexibility index (Phi) is 3.18. The van der Waals surface area contributed by atoms with Crippen LogP contribution in [0.1, 0.15) is 21.5 Å². The first kappa shape index (κ1) is 12.4. The molecule has 1 heteroatoms. The minimum atomic E-state index is 0.0336. The zero-order chi connectivity index (χ0) is 13.9. The fraction of sp³-hybridized carbons (Fsp3) is 0. The molecule has 1 nitrogen and oxygen atoms in total. The third-order valence-corrected chi connectivity index (χ3v) is 3.44. The second-order valence-corrected chi connectivity index (χ2v) is 4.68. The largest absolute Gasteiger partial charge is 0.289 e. The van der Waals surface area contributed by atoms with Crippen LogP contribution in [0.25, 0.3) is 16.8 Å². The molecule has 0 aliphatic carbocycles. The first-order chi connectivity index (χ1) is 9.79. The van der Waals surface area contributed by atoms with Gasteiger partial charge in [-0.3, -0.25) is 4.79 Å². The van der Waals surface area contributed by atoms with Crippen LogP contribution in [0.2, 0.25) is 0 Å². The average Bonchev–Trinajstić information content (AvgIpc) is 2.53. The predicted molar refractivity (Wildman–Crippen MR) is 83.9 cm³/mol. The first-order valence-corrected chi connectivity index (χ1v) is 6.54. The van der Waals surface area contributed by atoms with Crippen molar-refractivity contribution in [3.8, 4) is 0 Å². The molecule has 0 saturated carbocycles. The van der Waals surface area contributed by atoms with E-state index in [1.54, 1.807) is 6.08 Å². The van der Waals surface area contributed by atoms with E-state index < -0.39 is 0 Å². The van der Waals surface area contributed by atoms with E-state index in [0.29, 0.717) is 11.1 Å². The van der Waals surface area contributed by atoms with Gasteiger partial charge in [0.1, 0.15) is 0 Å². The molecule has 96 valence electrons. The van der Waals surface area contributed by atoms with Crippen LogP contribution < -0.4 is 0 Å². The molecule has 0 aliphatic heterocycles. The highest BCUT2D eigenvalue weighted by Crippen LogP contribution is 2.20. The lowest BCUT2D eigenvalue weighted by Crippen LogP contribution is -2.03. The van der Waals surface area contributed by atoms with Crippen molar-refractivity contribution in [1.82, 2.24) is 0 Å². The highest BCUT2D eigenvalue weighted by molar-refractivity contribution is 6.12. The molecular formula is C19H14O. The zero-order valence-corrected chi connectivity index (χ0v) is 11.0.